The van der Waals surface area contributed by atoms with Crippen LogP contribution >= 0.6 is 0 Å². The van der Waals surface area contributed by atoms with Gasteiger partial charge in [0.05, 0.1) is 5.52 Å². The predicted molar refractivity (Wildman–Crippen MR) is 138 cm³/mol. The second-order valence-electron chi connectivity index (χ2n) is 8.71. The highest BCUT2D eigenvalue weighted by Crippen LogP contribution is 2.42. The first kappa shape index (κ1) is 24.9. The van der Waals surface area contributed by atoms with E-state index in [0.29, 0.717) is 18.8 Å². The first-order chi connectivity index (χ1) is 17.0. The van der Waals surface area contributed by atoms with Crippen LogP contribution in [-0.2, 0) is 11.3 Å². The van der Waals surface area contributed by atoms with E-state index in [9.17, 15) is 4.39 Å². The van der Waals surface area contributed by atoms with Crippen LogP contribution in [0.5, 0.6) is 5.75 Å². The second kappa shape index (κ2) is 11.0. The van der Waals surface area contributed by atoms with E-state index >= 15 is 4.39 Å². The molecule has 1 aliphatic heterocycles. The van der Waals surface area contributed by atoms with Crippen LogP contribution in [0.25, 0.3) is 16.6 Å². The van der Waals surface area contributed by atoms with Crippen molar-refractivity contribution in [2.45, 2.75) is 53.1 Å². The van der Waals surface area contributed by atoms with Gasteiger partial charge in [0.1, 0.15) is 12.4 Å². The minimum absolute atomic E-state index is 0.238. The fourth-order valence-electron chi connectivity index (χ4n) is 4.90. The normalized spacial score (nSPS) is 14.0. The number of benzene rings is 3. The zero-order valence-corrected chi connectivity index (χ0v) is 20.9. The number of hydrogen-bond acceptors (Lipinski definition) is 2. The lowest BCUT2D eigenvalue weighted by Gasteiger charge is -2.25. The molecule has 0 spiro atoms. The van der Waals surface area contributed by atoms with Gasteiger partial charge in [0.15, 0.2) is 11.6 Å². The van der Waals surface area contributed by atoms with Crippen LogP contribution in [0.15, 0.2) is 60.7 Å². The zero-order chi connectivity index (χ0) is 24.9. The molecule has 2 heterocycles. The SMILES string of the molecule is CC.Cc1cc(-n2c(C3CCOCC3)c(C)c3c(OCc4ccccc4)c(F)ccc32)ccc1F. The number of aryl methyl sites for hydroxylation is 2. The topological polar surface area (TPSA) is 23.4 Å². The summed E-state index contributed by atoms with van der Waals surface area (Å²) in [6.45, 7) is 9.47. The maximum absolute atomic E-state index is 15.1. The van der Waals surface area contributed by atoms with Gasteiger partial charge in [0.2, 0.25) is 0 Å². The number of ether oxygens (including phenoxy) is 2. The molecule has 1 saturated heterocycles. The quantitative estimate of drug-likeness (QED) is 0.290. The van der Waals surface area contributed by atoms with Crippen LogP contribution in [0.4, 0.5) is 8.78 Å². The van der Waals surface area contributed by atoms with E-state index in [0.717, 1.165) is 46.3 Å². The predicted octanol–water partition coefficient (Wildman–Crippen LogP) is 8.02. The van der Waals surface area contributed by atoms with Gasteiger partial charge in [-0.25, -0.2) is 8.78 Å². The highest BCUT2D eigenvalue weighted by molar-refractivity contribution is 5.93. The molecule has 0 radical (unpaired) electrons. The van der Waals surface area contributed by atoms with E-state index in [-0.39, 0.29) is 29.9 Å². The average molecular weight is 478 g/mol. The van der Waals surface area contributed by atoms with Crippen molar-refractivity contribution in [2.75, 3.05) is 13.2 Å². The van der Waals surface area contributed by atoms with Gasteiger partial charge in [-0.3, -0.25) is 0 Å². The van der Waals surface area contributed by atoms with E-state index in [1.165, 1.54) is 12.1 Å². The summed E-state index contributed by atoms with van der Waals surface area (Å²) in [4.78, 5) is 0. The van der Waals surface area contributed by atoms with Crippen molar-refractivity contribution in [2.24, 2.45) is 0 Å². The minimum Gasteiger partial charge on any atom is -0.485 e. The summed E-state index contributed by atoms with van der Waals surface area (Å²) in [6, 6.07) is 18.2. The number of hydrogen-bond donors (Lipinski definition) is 0. The summed E-state index contributed by atoms with van der Waals surface area (Å²) in [7, 11) is 0. The molecule has 0 bridgehead atoms. The molecule has 0 saturated carbocycles. The number of aromatic nitrogens is 1. The molecule has 4 aromatic rings. The number of rotatable bonds is 5. The first-order valence-corrected chi connectivity index (χ1v) is 12.4. The molecule has 5 heteroatoms. The smallest absolute Gasteiger partial charge is 0.165 e. The fourth-order valence-corrected chi connectivity index (χ4v) is 4.90. The lowest BCUT2D eigenvalue weighted by molar-refractivity contribution is 0.0841. The number of fused-ring (bicyclic) bond motifs is 1. The standard InChI is InChI=1S/C28H27F2NO2.C2H6/c1-18-16-22(8-9-23(18)29)31-25-11-10-24(30)28(33-17-20-6-4-3-5-7-20)26(25)19(2)27(31)21-12-14-32-15-13-21;1-2/h3-11,16,21H,12-15,17H2,1-2H3;1-2H3. The minimum atomic E-state index is -0.382. The molecule has 0 amide bonds. The summed E-state index contributed by atoms with van der Waals surface area (Å²) in [5.41, 5.74) is 5.41. The molecule has 3 nitrogen and oxygen atoms in total. The summed E-state index contributed by atoms with van der Waals surface area (Å²) in [6.07, 6.45) is 1.78. The Hall–Kier alpha value is -3.18. The van der Waals surface area contributed by atoms with Crippen LogP contribution in [0.2, 0.25) is 0 Å². The average Bonchev–Trinajstić information content (AvgIpc) is 3.19. The maximum Gasteiger partial charge on any atom is 0.165 e. The summed E-state index contributed by atoms with van der Waals surface area (Å²) < 4.78 is 43.0. The molecule has 3 aromatic carbocycles. The van der Waals surface area contributed by atoms with Gasteiger partial charge in [-0.2, -0.15) is 0 Å². The van der Waals surface area contributed by atoms with Crippen molar-refractivity contribution in [1.29, 1.82) is 0 Å². The molecule has 35 heavy (non-hydrogen) atoms. The molecule has 5 rings (SSSR count). The Morgan fingerprint density at radius 1 is 0.914 bits per heavy atom. The van der Waals surface area contributed by atoms with Crippen LogP contribution in [0.1, 0.15) is 55.0 Å². The van der Waals surface area contributed by atoms with Crippen LogP contribution < -0.4 is 4.74 Å². The van der Waals surface area contributed by atoms with E-state index < -0.39 is 0 Å². The van der Waals surface area contributed by atoms with E-state index in [2.05, 4.69) is 4.57 Å². The molecule has 0 atom stereocenters. The van der Waals surface area contributed by atoms with Crippen molar-refractivity contribution in [1.82, 2.24) is 4.57 Å². The molecule has 0 aliphatic carbocycles. The molecular formula is C30H33F2NO2. The Morgan fingerprint density at radius 3 is 2.29 bits per heavy atom. The molecule has 1 aromatic heterocycles. The summed E-state index contributed by atoms with van der Waals surface area (Å²) in [5.74, 6) is -0.0914. The molecule has 184 valence electrons. The molecular weight excluding hydrogens is 444 g/mol. The van der Waals surface area contributed by atoms with Crippen molar-refractivity contribution < 1.29 is 18.3 Å². The van der Waals surface area contributed by atoms with Crippen molar-refractivity contribution in [3.63, 3.8) is 0 Å². The van der Waals surface area contributed by atoms with Crippen molar-refractivity contribution in [3.05, 3.63) is 94.7 Å². The highest BCUT2D eigenvalue weighted by Gasteiger charge is 2.28. The monoisotopic (exact) mass is 477 g/mol. The van der Waals surface area contributed by atoms with Crippen molar-refractivity contribution >= 4 is 10.9 Å². The van der Waals surface area contributed by atoms with Gasteiger partial charge in [0, 0.05) is 35.9 Å². The van der Waals surface area contributed by atoms with E-state index in [1.807, 2.05) is 57.2 Å². The number of nitrogens with zero attached hydrogens (tertiary/aromatic N) is 1. The lowest BCUT2D eigenvalue weighted by Crippen LogP contribution is -2.17. The van der Waals surface area contributed by atoms with Gasteiger partial charge in [0.25, 0.3) is 0 Å². The van der Waals surface area contributed by atoms with Gasteiger partial charge in [-0.05, 0) is 73.7 Å². The summed E-state index contributed by atoms with van der Waals surface area (Å²) >= 11 is 0. The second-order valence-corrected chi connectivity index (χ2v) is 8.71. The van der Waals surface area contributed by atoms with Gasteiger partial charge in [-0.15, -0.1) is 0 Å². The Bertz CT molecular complexity index is 1290. The Kier molecular flexibility index (Phi) is 7.86. The Labute approximate surface area is 206 Å². The lowest BCUT2D eigenvalue weighted by atomic mass is 9.93. The van der Waals surface area contributed by atoms with E-state index in [4.69, 9.17) is 9.47 Å². The third kappa shape index (κ3) is 4.96. The van der Waals surface area contributed by atoms with Crippen molar-refractivity contribution in [3.8, 4) is 11.4 Å². The molecule has 0 N–H and O–H groups in total. The molecule has 0 unspecified atom stereocenters. The van der Waals surface area contributed by atoms with Crippen LogP contribution in [0.3, 0.4) is 0 Å². The zero-order valence-electron chi connectivity index (χ0n) is 20.9. The van der Waals surface area contributed by atoms with Gasteiger partial charge >= 0.3 is 0 Å². The highest BCUT2D eigenvalue weighted by atomic mass is 19.1. The van der Waals surface area contributed by atoms with Crippen LogP contribution in [0, 0.1) is 25.5 Å². The summed E-state index contributed by atoms with van der Waals surface area (Å²) in [5, 5.41) is 0.773. The van der Waals surface area contributed by atoms with Crippen LogP contribution in [-0.4, -0.2) is 17.8 Å². The molecule has 1 aliphatic rings. The third-order valence-corrected chi connectivity index (χ3v) is 6.56. The third-order valence-electron chi connectivity index (χ3n) is 6.56. The van der Waals surface area contributed by atoms with Gasteiger partial charge < -0.3 is 14.0 Å². The Balaban J connectivity index is 0.00000141. The maximum atomic E-state index is 15.1. The van der Waals surface area contributed by atoms with Gasteiger partial charge in [-0.1, -0.05) is 44.2 Å². The fraction of sp³-hybridized carbons (Fsp3) is 0.333. The number of halogens is 2. The first-order valence-electron chi connectivity index (χ1n) is 12.4. The van der Waals surface area contributed by atoms with E-state index in [1.54, 1.807) is 19.1 Å². The molecule has 1 fully saturated rings. The Morgan fingerprint density at radius 2 is 1.60 bits per heavy atom. The largest absolute Gasteiger partial charge is 0.485 e.